The number of aryl methyl sites for hydroxylation is 1. The van der Waals surface area contributed by atoms with Gasteiger partial charge in [0.2, 0.25) is 0 Å². The lowest BCUT2D eigenvalue weighted by atomic mass is 10.1. The van der Waals surface area contributed by atoms with Crippen LogP contribution in [0, 0.1) is 0 Å². The van der Waals surface area contributed by atoms with Crippen molar-refractivity contribution in [1.29, 1.82) is 0 Å². The Labute approximate surface area is 156 Å². The van der Waals surface area contributed by atoms with E-state index in [1.54, 1.807) is 24.3 Å². The second-order valence-electron chi connectivity index (χ2n) is 5.97. The van der Waals surface area contributed by atoms with Gasteiger partial charge in [0.05, 0.1) is 11.8 Å². The van der Waals surface area contributed by atoms with E-state index in [1.807, 2.05) is 47.2 Å². The number of fused-ring (bicyclic) bond motifs is 1. The third kappa shape index (κ3) is 3.52. The number of hydrogen-bond donors (Lipinski definition) is 1. The molecule has 132 valence electrons. The lowest BCUT2D eigenvalue weighted by molar-refractivity contribution is -0.679. The number of rotatable bonds is 3. The maximum absolute atomic E-state index is 11.9. The van der Waals surface area contributed by atoms with Crippen molar-refractivity contribution in [3.05, 3.63) is 71.9 Å². The summed E-state index contributed by atoms with van der Waals surface area (Å²) in [6.07, 6.45) is 1.87. The molecule has 0 fully saturated rings. The van der Waals surface area contributed by atoms with E-state index in [1.165, 1.54) is 0 Å². The van der Waals surface area contributed by atoms with Crippen molar-refractivity contribution >= 4 is 27.4 Å². The smallest absolute Gasteiger partial charge is 0.302 e. The van der Waals surface area contributed by atoms with Crippen LogP contribution in [0.1, 0.15) is 0 Å². The van der Waals surface area contributed by atoms with Gasteiger partial charge in [0.15, 0.2) is 0 Å². The van der Waals surface area contributed by atoms with Crippen LogP contribution < -0.4 is 14.0 Å². The average Bonchev–Trinajstić information content (AvgIpc) is 2.63. The molecule has 0 saturated carbocycles. The Morgan fingerprint density at radius 2 is 1.62 bits per heavy atom. The molecule has 2 aromatic carbocycles. The van der Waals surface area contributed by atoms with Crippen LogP contribution >= 0.6 is 11.6 Å². The molecule has 0 spiro atoms. The zero-order valence-electron chi connectivity index (χ0n) is 13.7. The highest BCUT2D eigenvalue weighted by atomic mass is 35.5. The standard InChI is InChI=1S/C19H15ClN2O3S/c20-15-5-9-17(10-6-15)25-16-7-3-14(4-8-16)18-2-1-11-22-12-13-26(23,24)21-19(18)22/h1-11H,12-13H2/p+1. The predicted octanol–water partition coefficient (Wildman–Crippen LogP) is 3.84. The van der Waals surface area contributed by atoms with Crippen molar-refractivity contribution in [3.8, 4) is 22.6 Å². The molecular weight excluding hydrogens is 372 g/mol. The van der Waals surface area contributed by atoms with Crippen molar-refractivity contribution in [1.82, 2.24) is 0 Å². The number of benzene rings is 2. The molecule has 26 heavy (non-hydrogen) atoms. The Hall–Kier alpha value is -2.57. The summed E-state index contributed by atoms with van der Waals surface area (Å²) in [7, 11) is -3.29. The summed E-state index contributed by atoms with van der Waals surface area (Å²) in [6, 6.07) is 18.5. The first-order chi connectivity index (χ1) is 12.5. The molecule has 1 aliphatic heterocycles. The summed E-state index contributed by atoms with van der Waals surface area (Å²) >= 11 is 5.88. The molecule has 5 nitrogen and oxygen atoms in total. The Balaban J connectivity index is 1.63. The molecule has 1 N–H and O–H groups in total. The Morgan fingerprint density at radius 1 is 0.962 bits per heavy atom. The Bertz CT molecular complexity index is 1050. The van der Waals surface area contributed by atoms with Crippen LogP contribution in [0.15, 0.2) is 66.9 Å². The minimum absolute atomic E-state index is 0.0853. The van der Waals surface area contributed by atoms with E-state index in [0.717, 1.165) is 11.1 Å². The number of hydrogen-bond acceptors (Lipinski definition) is 3. The molecule has 3 aromatic rings. The first kappa shape index (κ1) is 16.9. The molecule has 4 rings (SSSR count). The largest absolute Gasteiger partial charge is 0.457 e. The second kappa shape index (κ2) is 6.63. The van der Waals surface area contributed by atoms with Gasteiger partial charge < -0.3 is 4.74 Å². The fourth-order valence-electron chi connectivity index (χ4n) is 2.84. The SMILES string of the molecule is O=S1(=O)CC[n+]2cccc(-c3ccc(Oc4ccc(Cl)cc4)cc3)c2N1. The van der Waals surface area contributed by atoms with Gasteiger partial charge >= 0.3 is 10.0 Å². The number of nitrogens with zero attached hydrogens (tertiary/aromatic N) is 1. The summed E-state index contributed by atoms with van der Waals surface area (Å²) in [5.41, 5.74) is 1.73. The highest BCUT2D eigenvalue weighted by Gasteiger charge is 2.29. The fraction of sp³-hybridized carbons (Fsp3) is 0.105. The minimum Gasteiger partial charge on any atom is -0.457 e. The number of sulfonamides is 1. The second-order valence-corrected chi connectivity index (χ2v) is 8.24. The lowest BCUT2D eigenvalue weighted by Gasteiger charge is -2.15. The van der Waals surface area contributed by atoms with Crippen molar-refractivity contribution in [3.63, 3.8) is 0 Å². The highest BCUT2D eigenvalue weighted by molar-refractivity contribution is 7.92. The molecule has 1 aliphatic rings. The van der Waals surface area contributed by atoms with Gasteiger partial charge in [0.1, 0.15) is 23.8 Å². The van der Waals surface area contributed by atoms with E-state index in [9.17, 15) is 8.42 Å². The van der Waals surface area contributed by atoms with Gasteiger partial charge in [-0.1, -0.05) is 23.7 Å². The van der Waals surface area contributed by atoms with Crippen LogP contribution in [0.2, 0.25) is 5.02 Å². The molecule has 7 heteroatoms. The van der Waals surface area contributed by atoms with Gasteiger partial charge in [0.25, 0.3) is 5.82 Å². The van der Waals surface area contributed by atoms with E-state index >= 15 is 0 Å². The molecule has 0 amide bonds. The fourth-order valence-corrected chi connectivity index (χ4v) is 4.03. The first-order valence-electron chi connectivity index (χ1n) is 8.07. The lowest BCUT2D eigenvalue weighted by Crippen LogP contribution is -2.47. The number of halogens is 1. The normalized spacial score (nSPS) is 15.0. The van der Waals surface area contributed by atoms with Gasteiger partial charge in [-0.25, -0.2) is 4.57 Å². The van der Waals surface area contributed by atoms with E-state index < -0.39 is 10.0 Å². The number of pyridine rings is 1. The number of ether oxygens (including phenoxy) is 1. The van der Waals surface area contributed by atoms with Crippen molar-refractivity contribution in [2.24, 2.45) is 0 Å². The third-order valence-electron chi connectivity index (χ3n) is 4.14. The van der Waals surface area contributed by atoms with Gasteiger partial charge in [-0.3, -0.25) is 0 Å². The maximum Gasteiger partial charge on any atom is 0.302 e. The molecule has 0 bridgehead atoms. The van der Waals surface area contributed by atoms with Crippen LogP contribution in [0.4, 0.5) is 5.82 Å². The summed E-state index contributed by atoms with van der Waals surface area (Å²) in [4.78, 5) is 0. The average molecular weight is 388 g/mol. The quantitative estimate of drug-likeness (QED) is 0.694. The monoisotopic (exact) mass is 387 g/mol. The Morgan fingerprint density at radius 3 is 2.31 bits per heavy atom. The van der Waals surface area contributed by atoms with Gasteiger partial charge in [0, 0.05) is 5.02 Å². The van der Waals surface area contributed by atoms with Crippen LogP contribution in [-0.2, 0) is 16.6 Å². The Kier molecular flexibility index (Phi) is 4.30. The molecular formula is C19H16ClN2O3S+. The van der Waals surface area contributed by atoms with Crippen LogP contribution in [0.5, 0.6) is 11.5 Å². The number of nitrogens with one attached hydrogen (secondary N) is 1. The summed E-state index contributed by atoms with van der Waals surface area (Å²) in [5.74, 6) is 2.06. The molecule has 2 heterocycles. The minimum atomic E-state index is -3.29. The zero-order valence-corrected chi connectivity index (χ0v) is 15.3. The third-order valence-corrected chi connectivity index (χ3v) is 5.62. The summed E-state index contributed by atoms with van der Waals surface area (Å²) in [6.45, 7) is 0.441. The number of aromatic nitrogens is 1. The molecule has 1 aromatic heterocycles. The summed E-state index contributed by atoms with van der Waals surface area (Å²) in [5, 5.41) is 0.654. The first-order valence-corrected chi connectivity index (χ1v) is 10.1. The molecule has 0 unspecified atom stereocenters. The van der Waals surface area contributed by atoms with Crippen LogP contribution in [0.3, 0.4) is 0 Å². The topological polar surface area (TPSA) is 59.3 Å². The zero-order chi connectivity index (χ0) is 18.1. The van der Waals surface area contributed by atoms with Crippen LogP contribution in [0.25, 0.3) is 11.1 Å². The van der Waals surface area contributed by atoms with E-state index in [4.69, 9.17) is 16.3 Å². The predicted molar refractivity (Wildman–Crippen MR) is 101 cm³/mol. The molecule has 0 aliphatic carbocycles. The van der Waals surface area contributed by atoms with Crippen molar-refractivity contribution < 1.29 is 17.7 Å². The van der Waals surface area contributed by atoms with Gasteiger partial charge in [-0.05, 0) is 54.1 Å². The van der Waals surface area contributed by atoms with E-state index in [0.29, 0.717) is 28.9 Å². The van der Waals surface area contributed by atoms with Crippen LogP contribution in [-0.4, -0.2) is 14.2 Å². The van der Waals surface area contributed by atoms with E-state index in [2.05, 4.69) is 4.72 Å². The molecule has 0 atom stereocenters. The van der Waals surface area contributed by atoms with Gasteiger partial charge in [-0.15, -0.1) is 0 Å². The highest BCUT2D eigenvalue weighted by Crippen LogP contribution is 2.30. The van der Waals surface area contributed by atoms with Crippen molar-refractivity contribution in [2.45, 2.75) is 6.54 Å². The molecule has 0 saturated heterocycles. The van der Waals surface area contributed by atoms with Crippen molar-refractivity contribution in [2.75, 3.05) is 10.5 Å². The number of anilines is 1. The van der Waals surface area contributed by atoms with E-state index in [-0.39, 0.29) is 5.75 Å². The van der Waals surface area contributed by atoms with Gasteiger partial charge in [-0.2, -0.15) is 13.1 Å². The summed E-state index contributed by atoms with van der Waals surface area (Å²) < 4.78 is 34.2. The molecule has 0 radical (unpaired) electrons. The maximum atomic E-state index is 11.9.